The number of ether oxygens (including phenoxy) is 1. The zero-order chi connectivity index (χ0) is 23.6. The maximum atomic E-state index is 13.5. The summed E-state index contributed by atoms with van der Waals surface area (Å²) in [7, 11) is 0. The maximum absolute atomic E-state index is 13.5. The van der Waals surface area contributed by atoms with E-state index in [1.165, 1.54) is 12.1 Å². The number of aliphatic hydroxyl groups is 3. The van der Waals surface area contributed by atoms with Crippen LogP contribution >= 0.6 is 0 Å². The van der Waals surface area contributed by atoms with Gasteiger partial charge in [-0.25, -0.2) is 13.2 Å². The van der Waals surface area contributed by atoms with Crippen molar-refractivity contribution in [3.05, 3.63) is 59.9 Å². The number of halogens is 3. The first-order valence-corrected chi connectivity index (χ1v) is 11.1. The number of benzene rings is 2. The van der Waals surface area contributed by atoms with E-state index < -0.39 is 28.9 Å². The first kappa shape index (κ1) is 23.8. The Morgan fingerprint density at radius 2 is 1.64 bits per heavy atom. The van der Waals surface area contributed by atoms with Gasteiger partial charge >= 0.3 is 0 Å². The predicted octanol–water partition coefficient (Wildman–Crippen LogP) is 2.31. The normalized spacial score (nSPS) is 25.8. The van der Waals surface area contributed by atoms with Crippen LogP contribution in [0.3, 0.4) is 0 Å². The Kier molecular flexibility index (Phi) is 6.86. The third-order valence-electron chi connectivity index (χ3n) is 6.55. The van der Waals surface area contributed by atoms with Crippen LogP contribution in [0.15, 0.2) is 42.5 Å². The van der Waals surface area contributed by atoms with Crippen LogP contribution in [0, 0.1) is 17.5 Å². The Labute approximate surface area is 190 Å². The van der Waals surface area contributed by atoms with E-state index in [0.717, 1.165) is 23.9 Å². The molecule has 180 valence electrons. The number of nitrogens with zero attached hydrogens (tertiary/aromatic N) is 2. The Bertz CT molecular complexity index is 950. The Hall–Kier alpha value is -2.33. The third kappa shape index (κ3) is 5.78. The maximum Gasteiger partial charge on any atom is 0.137 e. The highest BCUT2D eigenvalue weighted by atomic mass is 19.1. The van der Waals surface area contributed by atoms with Crippen LogP contribution in [0.1, 0.15) is 19.3 Å². The molecule has 2 fully saturated rings. The fourth-order valence-electron chi connectivity index (χ4n) is 4.67. The largest absolute Gasteiger partial charge is 0.490 e. The van der Waals surface area contributed by atoms with Gasteiger partial charge in [-0.1, -0.05) is 6.07 Å². The van der Waals surface area contributed by atoms with Gasteiger partial charge in [0.05, 0.1) is 11.7 Å². The fourth-order valence-corrected chi connectivity index (χ4v) is 4.67. The molecule has 2 atom stereocenters. The molecule has 0 amide bonds. The van der Waals surface area contributed by atoms with Crippen molar-refractivity contribution in [3.63, 3.8) is 0 Å². The quantitative estimate of drug-likeness (QED) is 0.607. The number of β-amino-alcohol motifs (C(OH)–C–C–N with tert-alkyl or cyclic N) is 2. The van der Waals surface area contributed by atoms with Crippen molar-refractivity contribution in [2.24, 2.45) is 0 Å². The zero-order valence-electron chi connectivity index (χ0n) is 18.3. The van der Waals surface area contributed by atoms with Crippen molar-refractivity contribution >= 4 is 5.69 Å². The van der Waals surface area contributed by atoms with E-state index in [0.29, 0.717) is 39.0 Å². The van der Waals surface area contributed by atoms with Crippen molar-refractivity contribution < 1.29 is 33.2 Å². The highest BCUT2D eigenvalue weighted by Gasteiger charge is 2.44. The smallest absolute Gasteiger partial charge is 0.137 e. The minimum atomic E-state index is -1.65. The Morgan fingerprint density at radius 1 is 0.939 bits per heavy atom. The number of hydrogen-bond donors (Lipinski definition) is 3. The van der Waals surface area contributed by atoms with E-state index in [-0.39, 0.29) is 31.1 Å². The van der Waals surface area contributed by atoms with Gasteiger partial charge in [-0.05, 0) is 37.5 Å². The van der Waals surface area contributed by atoms with Crippen LogP contribution in [0.5, 0.6) is 5.75 Å². The van der Waals surface area contributed by atoms with Crippen molar-refractivity contribution in [2.75, 3.05) is 44.2 Å². The van der Waals surface area contributed by atoms with Crippen molar-refractivity contribution in [2.45, 2.75) is 36.6 Å². The highest BCUT2D eigenvalue weighted by Crippen LogP contribution is 2.30. The van der Waals surface area contributed by atoms with Gasteiger partial charge in [-0.2, -0.15) is 0 Å². The molecule has 2 aromatic rings. The van der Waals surface area contributed by atoms with E-state index in [1.807, 2.05) is 15.9 Å². The monoisotopic (exact) mass is 466 g/mol. The summed E-state index contributed by atoms with van der Waals surface area (Å²) in [5, 5.41) is 32.5. The van der Waals surface area contributed by atoms with Crippen molar-refractivity contribution in [3.8, 4) is 5.75 Å². The average Bonchev–Trinajstić information content (AvgIpc) is 2.75. The molecule has 0 unspecified atom stereocenters. The van der Waals surface area contributed by atoms with Crippen LogP contribution < -0.4 is 9.64 Å². The SMILES string of the molecule is O[C@H]1CCN(CC2(O)CCN(c3cccc(F)c3)CC2)C[C@]1(O)COc1cc(F)cc(F)c1. The molecule has 2 aromatic carbocycles. The second kappa shape index (κ2) is 9.50. The minimum absolute atomic E-state index is 0.0435. The molecule has 0 bridgehead atoms. The van der Waals surface area contributed by atoms with Gasteiger partial charge in [-0.3, -0.25) is 4.90 Å². The summed E-state index contributed by atoms with van der Waals surface area (Å²) >= 11 is 0. The molecule has 0 aliphatic carbocycles. The first-order valence-electron chi connectivity index (χ1n) is 11.1. The summed E-state index contributed by atoms with van der Waals surface area (Å²) in [6, 6.07) is 9.10. The molecule has 0 spiro atoms. The second-order valence-corrected chi connectivity index (χ2v) is 9.20. The highest BCUT2D eigenvalue weighted by molar-refractivity contribution is 5.47. The summed E-state index contributed by atoms with van der Waals surface area (Å²) in [5.74, 6) is -1.97. The van der Waals surface area contributed by atoms with Crippen LogP contribution in [-0.4, -0.2) is 76.9 Å². The third-order valence-corrected chi connectivity index (χ3v) is 6.55. The van der Waals surface area contributed by atoms with E-state index in [9.17, 15) is 28.5 Å². The van der Waals surface area contributed by atoms with Gasteiger partial charge in [-0.15, -0.1) is 0 Å². The minimum Gasteiger partial charge on any atom is -0.490 e. The molecule has 3 N–H and O–H groups in total. The molecule has 0 radical (unpaired) electrons. The fraction of sp³-hybridized carbons (Fsp3) is 0.500. The molecule has 6 nitrogen and oxygen atoms in total. The van der Waals surface area contributed by atoms with Crippen LogP contribution in [-0.2, 0) is 0 Å². The molecule has 33 heavy (non-hydrogen) atoms. The molecule has 0 saturated carbocycles. The second-order valence-electron chi connectivity index (χ2n) is 9.20. The molecule has 9 heteroatoms. The molecule has 4 rings (SSSR count). The van der Waals surface area contributed by atoms with E-state index >= 15 is 0 Å². The van der Waals surface area contributed by atoms with Gasteiger partial charge in [0.2, 0.25) is 0 Å². The number of likely N-dealkylation sites (tertiary alicyclic amines) is 1. The summed E-state index contributed by atoms with van der Waals surface area (Å²) in [6.45, 7) is 1.60. The average molecular weight is 467 g/mol. The van der Waals surface area contributed by atoms with Crippen LogP contribution in [0.25, 0.3) is 0 Å². The lowest BCUT2D eigenvalue weighted by Gasteiger charge is -2.46. The van der Waals surface area contributed by atoms with Crippen LogP contribution in [0.2, 0.25) is 0 Å². The zero-order valence-corrected chi connectivity index (χ0v) is 18.3. The summed E-state index contributed by atoms with van der Waals surface area (Å²) < 4.78 is 45.7. The van der Waals surface area contributed by atoms with Gasteiger partial charge in [0, 0.05) is 56.6 Å². The molecule has 2 aliphatic heterocycles. The molecule has 2 aliphatic rings. The standard InChI is InChI=1S/C24H29F3N2O4/c25-17-2-1-3-20(11-17)29-8-5-23(31,6-9-29)14-28-7-4-22(30)24(32,15-28)16-33-21-12-18(26)10-19(27)13-21/h1-3,10-13,22,30-32H,4-9,14-16H2/t22-,24-/m0/s1. The molecular formula is C24H29F3N2O4. The first-order chi connectivity index (χ1) is 15.6. The predicted molar refractivity (Wildman–Crippen MR) is 117 cm³/mol. The summed E-state index contributed by atoms with van der Waals surface area (Å²) in [6.07, 6.45) is 0.139. The van der Waals surface area contributed by atoms with Gasteiger partial charge < -0.3 is 25.0 Å². The van der Waals surface area contributed by atoms with Gasteiger partial charge in [0.15, 0.2) is 0 Å². The number of hydrogen-bond acceptors (Lipinski definition) is 6. The summed E-state index contributed by atoms with van der Waals surface area (Å²) in [5.41, 5.74) is -1.86. The Balaban J connectivity index is 1.34. The topological polar surface area (TPSA) is 76.4 Å². The molecule has 0 aromatic heterocycles. The number of rotatable bonds is 6. The van der Waals surface area contributed by atoms with Crippen molar-refractivity contribution in [1.29, 1.82) is 0 Å². The van der Waals surface area contributed by atoms with Gasteiger partial charge in [0.25, 0.3) is 0 Å². The molecule has 2 saturated heterocycles. The lowest BCUT2D eigenvalue weighted by atomic mass is 9.86. The number of piperidine rings is 2. The van der Waals surface area contributed by atoms with E-state index in [1.54, 1.807) is 6.07 Å². The van der Waals surface area contributed by atoms with Gasteiger partial charge in [0.1, 0.15) is 35.4 Å². The van der Waals surface area contributed by atoms with E-state index in [4.69, 9.17) is 4.74 Å². The van der Waals surface area contributed by atoms with Crippen LogP contribution in [0.4, 0.5) is 18.9 Å². The lowest BCUT2D eigenvalue weighted by Crippen LogP contribution is -2.62. The number of aliphatic hydroxyl groups excluding tert-OH is 1. The molecule has 2 heterocycles. The summed E-state index contributed by atoms with van der Waals surface area (Å²) in [4.78, 5) is 3.90. The van der Waals surface area contributed by atoms with E-state index in [2.05, 4.69) is 0 Å². The number of anilines is 1. The lowest BCUT2D eigenvalue weighted by molar-refractivity contribution is -0.149. The molecular weight excluding hydrogens is 437 g/mol. The van der Waals surface area contributed by atoms with Crippen molar-refractivity contribution in [1.82, 2.24) is 4.90 Å². The Morgan fingerprint density at radius 3 is 2.30 bits per heavy atom.